The number of hydrogen-bond donors (Lipinski definition) is 0. The molecular weight excluding hydrogens is 749 g/mol. The van der Waals surface area contributed by atoms with Gasteiger partial charge in [-0.15, -0.1) is 0 Å². The van der Waals surface area contributed by atoms with E-state index >= 15 is 0 Å². The minimum absolute atomic E-state index is 0.0253. The molecule has 6 rings (SSSR count). The number of benzene rings is 3. The van der Waals surface area contributed by atoms with E-state index in [2.05, 4.69) is 0 Å². The van der Waals surface area contributed by atoms with Crippen molar-refractivity contribution in [2.24, 2.45) is 4.99 Å². The normalized spacial score (nSPS) is 20.1. The summed E-state index contributed by atoms with van der Waals surface area (Å²) in [4.78, 5) is 37.9. The van der Waals surface area contributed by atoms with Crippen LogP contribution in [0.4, 0.5) is 4.79 Å². The fourth-order valence-corrected chi connectivity index (χ4v) is 9.40. The number of urea groups is 1. The molecule has 0 aromatic heterocycles. The lowest BCUT2D eigenvalue weighted by atomic mass is 9.93. The van der Waals surface area contributed by atoms with Gasteiger partial charge in [-0.05, 0) is 79.8 Å². The summed E-state index contributed by atoms with van der Waals surface area (Å²) in [5.41, 5.74) is 2.25. The first-order valence-corrected chi connectivity index (χ1v) is 21.3. The van der Waals surface area contributed by atoms with Gasteiger partial charge >= 0.3 is 6.03 Å². The Morgan fingerprint density at radius 3 is 2.10 bits per heavy atom. The van der Waals surface area contributed by atoms with Crippen LogP contribution in [0.5, 0.6) is 5.75 Å². The molecule has 12 nitrogen and oxygen atoms in total. The SMILES string of the molecule is CCOc1cc(C)c(S(=O)(=O)N2CCCC2)cc1C1=N[C@@H](c2ccc(Cl)cc2)[C@@H](c2ccc(Cl)cc2)N1C(=O)N1CCN(CCS(C)(=O)=O)C(=O)C1. The molecule has 0 bridgehead atoms. The number of sulfone groups is 1. The molecule has 3 amide bonds. The maximum Gasteiger partial charge on any atom is 0.326 e. The Morgan fingerprint density at radius 2 is 1.52 bits per heavy atom. The summed E-state index contributed by atoms with van der Waals surface area (Å²) < 4.78 is 59.3. The van der Waals surface area contributed by atoms with Crippen LogP contribution in [0.25, 0.3) is 0 Å². The van der Waals surface area contributed by atoms with Crippen molar-refractivity contribution in [2.75, 3.05) is 57.9 Å². The van der Waals surface area contributed by atoms with Crippen molar-refractivity contribution in [3.8, 4) is 5.75 Å². The Bertz CT molecular complexity index is 2090. The van der Waals surface area contributed by atoms with E-state index in [1.54, 1.807) is 43.3 Å². The molecule has 278 valence electrons. The van der Waals surface area contributed by atoms with E-state index in [-0.39, 0.29) is 55.2 Å². The number of ether oxygens (including phenoxy) is 1. The Kier molecular flexibility index (Phi) is 11.2. The van der Waals surface area contributed by atoms with Crippen LogP contribution < -0.4 is 4.74 Å². The minimum Gasteiger partial charge on any atom is -0.493 e. The molecule has 2 atom stereocenters. The summed E-state index contributed by atoms with van der Waals surface area (Å²) in [5.74, 6) is -0.0428. The molecule has 3 aliphatic heterocycles. The molecule has 16 heteroatoms. The van der Waals surface area contributed by atoms with Crippen molar-refractivity contribution in [3.63, 3.8) is 0 Å². The van der Waals surface area contributed by atoms with E-state index < -0.39 is 38.0 Å². The molecule has 0 N–H and O–H groups in total. The number of hydrogen-bond acceptors (Lipinski definition) is 8. The molecule has 3 aromatic rings. The lowest BCUT2D eigenvalue weighted by molar-refractivity contribution is -0.134. The molecule has 3 aromatic carbocycles. The smallest absolute Gasteiger partial charge is 0.326 e. The van der Waals surface area contributed by atoms with Gasteiger partial charge in [0.05, 0.1) is 28.9 Å². The van der Waals surface area contributed by atoms with Gasteiger partial charge in [-0.2, -0.15) is 4.31 Å². The van der Waals surface area contributed by atoms with Gasteiger partial charge in [-0.3, -0.25) is 14.7 Å². The number of amidine groups is 1. The summed E-state index contributed by atoms with van der Waals surface area (Å²) >= 11 is 12.6. The highest BCUT2D eigenvalue weighted by molar-refractivity contribution is 7.90. The van der Waals surface area contributed by atoms with E-state index in [1.165, 1.54) is 19.0 Å². The summed E-state index contributed by atoms with van der Waals surface area (Å²) in [6.07, 6.45) is 2.65. The van der Waals surface area contributed by atoms with E-state index in [0.717, 1.165) is 24.7 Å². The van der Waals surface area contributed by atoms with E-state index in [0.29, 0.717) is 45.6 Å². The van der Waals surface area contributed by atoms with Gasteiger partial charge in [0.2, 0.25) is 15.9 Å². The van der Waals surface area contributed by atoms with Gasteiger partial charge in [-0.1, -0.05) is 47.5 Å². The molecule has 2 fully saturated rings. The third-order valence-corrected chi connectivity index (χ3v) is 13.0. The predicted octanol–water partition coefficient (Wildman–Crippen LogP) is 5.34. The Labute approximate surface area is 314 Å². The average molecular weight is 791 g/mol. The predicted molar refractivity (Wildman–Crippen MR) is 200 cm³/mol. The number of rotatable bonds is 10. The van der Waals surface area contributed by atoms with E-state index in [1.807, 2.05) is 31.2 Å². The number of amides is 3. The number of piperazine rings is 1. The fraction of sp³-hybridized carbons (Fsp3) is 0.417. The van der Waals surface area contributed by atoms with Crippen LogP contribution in [0.3, 0.4) is 0 Å². The number of halogens is 2. The van der Waals surface area contributed by atoms with E-state index in [4.69, 9.17) is 32.9 Å². The van der Waals surface area contributed by atoms with Crippen molar-refractivity contribution in [3.05, 3.63) is 93.0 Å². The van der Waals surface area contributed by atoms with Crippen molar-refractivity contribution < 1.29 is 31.2 Å². The van der Waals surface area contributed by atoms with Crippen LogP contribution in [-0.2, 0) is 24.7 Å². The highest BCUT2D eigenvalue weighted by atomic mass is 35.5. The highest BCUT2D eigenvalue weighted by Gasteiger charge is 2.46. The first-order valence-electron chi connectivity index (χ1n) is 17.1. The number of carbonyl (C=O) groups is 2. The molecule has 3 aliphatic rings. The highest BCUT2D eigenvalue weighted by Crippen LogP contribution is 2.46. The molecule has 0 radical (unpaired) electrons. The summed E-state index contributed by atoms with van der Waals surface area (Å²) in [7, 11) is -7.20. The Balaban J connectivity index is 1.51. The van der Waals surface area contributed by atoms with Gasteiger partial charge in [0.1, 0.15) is 34.0 Å². The standard InChI is InChI=1S/C36H41Cl2N5O7S2/c1-4-50-30-21-24(2)31(52(48,49)42-15-5-6-16-42)22-29(30)35-39-33(25-7-11-27(37)12-8-25)34(26-9-13-28(38)14-10-26)43(35)36(45)41-18-17-40(32(44)23-41)19-20-51(3,46)47/h7-14,21-22,33-34H,4-6,15-20,23H2,1-3H3/t33-,34+/m0/s1. The lowest BCUT2D eigenvalue weighted by Gasteiger charge is -2.38. The van der Waals surface area contributed by atoms with Crippen LogP contribution in [0, 0.1) is 6.92 Å². The molecule has 0 spiro atoms. The van der Waals surface area contributed by atoms with Gasteiger partial charge in [-0.25, -0.2) is 21.6 Å². The van der Waals surface area contributed by atoms with Crippen molar-refractivity contribution >= 4 is 60.8 Å². The third kappa shape index (κ3) is 7.96. The van der Waals surface area contributed by atoms with E-state index in [9.17, 15) is 26.4 Å². The van der Waals surface area contributed by atoms with Crippen LogP contribution in [-0.4, -0.2) is 111 Å². The summed E-state index contributed by atoms with van der Waals surface area (Å²) in [6.45, 7) is 4.64. The number of carbonyl (C=O) groups excluding carboxylic acids is 2. The number of sulfonamides is 1. The zero-order valence-corrected chi connectivity index (χ0v) is 32.3. The van der Waals surface area contributed by atoms with Crippen molar-refractivity contribution in [2.45, 2.75) is 43.7 Å². The Morgan fingerprint density at radius 1 is 0.904 bits per heavy atom. The second kappa shape index (κ2) is 15.3. The molecule has 0 unspecified atom stereocenters. The largest absolute Gasteiger partial charge is 0.493 e. The second-order valence-corrected chi connectivity index (χ2v) is 18.2. The number of aliphatic imine (C=N–C) groups is 1. The Hall–Kier alpha value is -3.69. The first-order chi connectivity index (χ1) is 24.7. The molecule has 0 aliphatic carbocycles. The molecular formula is C36H41Cl2N5O7S2. The third-order valence-electron chi connectivity index (χ3n) is 9.52. The van der Waals surface area contributed by atoms with Gasteiger partial charge in [0, 0.05) is 49.0 Å². The van der Waals surface area contributed by atoms with Gasteiger partial charge in [0.15, 0.2) is 0 Å². The lowest BCUT2D eigenvalue weighted by Crippen LogP contribution is -2.57. The minimum atomic E-state index is -3.90. The molecule has 52 heavy (non-hydrogen) atoms. The van der Waals surface area contributed by atoms with Crippen LogP contribution in [0.1, 0.15) is 54.1 Å². The second-order valence-electron chi connectivity index (χ2n) is 13.2. The van der Waals surface area contributed by atoms with Crippen LogP contribution >= 0.6 is 23.2 Å². The molecule has 0 saturated carbocycles. The zero-order valence-electron chi connectivity index (χ0n) is 29.2. The maximum atomic E-state index is 15.0. The van der Waals surface area contributed by atoms with Crippen LogP contribution in [0.15, 0.2) is 70.6 Å². The molecule has 3 heterocycles. The molecule has 2 saturated heterocycles. The zero-order chi connectivity index (χ0) is 37.4. The number of aryl methyl sites for hydroxylation is 1. The van der Waals surface area contributed by atoms with Crippen molar-refractivity contribution in [1.82, 2.24) is 19.0 Å². The first kappa shape index (κ1) is 38.0. The fourth-order valence-electron chi connectivity index (χ4n) is 6.85. The monoisotopic (exact) mass is 789 g/mol. The number of nitrogens with zero attached hydrogens (tertiary/aromatic N) is 5. The van der Waals surface area contributed by atoms with Gasteiger partial charge < -0.3 is 14.5 Å². The maximum absolute atomic E-state index is 15.0. The summed E-state index contributed by atoms with van der Waals surface area (Å²) in [5, 5.41) is 1.01. The topological polar surface area (TPSA) is 137 Å². The average Bonchev–Trinajstić information content (AvgIpc) is 3.78. The van der Waals surface area contributed by atoms with Gasteiger partial charge in [0.25, 0.3) is 0 Å². The quantitative estimate of drug-likeness (QED) is 0.271. The summed E-state index contributed by atoms with van der Waals surface area (Å²) in [6, 6.07) is 15.4. The van der Waals surface area contributed by atoms with Crippen LogP contribution in [0.2, 0.25) is 10.0 Å². The van der Waals surface area contributed by atoms with Crippen molar-refractivity contribution in [1.29, 1.82) is 0 Å².